The molecule has 0 spiro atoms. The Morgan fingerprint density at radius 1 is 1.12 bits per heavy atom. The highest BCUT2D eigenvalue weighted by Gasteiger charge is 2.16. The average molecular weight is 445 g/mol. The number of halogens is 1. The Labute approximate surface area is 187 Å². The third-order valence-corrected chi connectivity index (χ3v) is 5.00. The van der Waals surface area contributed by atoms with Gasteiger partial charge < -0.3 is 5.32 Å². The minimum atomic E-state index is -0.214. The van der Waals surface area contributed by atoms with E-state index in [0.717, 1.165) is 22.6 Å². The van der Waals surface area contributed by atoms with Crippen molar-refractivity contribution in [3.05, 3.63) is 83.8 Å². The Hall–Kier alpha value is -4.11. The summed E-state index contributed by atoms with van der Waals surface area (Å²) >= 11 is 5.80. The summed E-state index contributed by atoms with van der Waals surface area (Å²) in [5.74, 6) is 0.446. The van der Waals surface area contributed by atoms with Crippen molar-refractivity contribution in [3.63, 3.8) is 0 Å². The number of fused-ring (bicyclic) bond motifs is 1. The topological polar surface area (TPSA) is 103 Å². The fourth-order valence-corrected chi connectivity index (χ4v) is 3.44. The number of pyridine rings is 3. The Morgan fingerprint density at radius 3 is 2.84 bits per heavy atom. The van der Waals surface area contributed by atoms with E-state index in [9.17, 15) is 4.79 Å². The van der Waals surface area contributed by atoms with Crippen molar-refractivity contribution < 1.29 is 4.79 Å². The van der Waals surface area contributed by atoms with Gasteiger partial charge in [0.15, 0.2) is 11.5 Å². The fraction of sp³-hybridized carbons (Fsp3) is 0.0909. The molecule has 0 atom stereocenters. The van der Waals surface area contributed by atoms with Crippen LogP contribution in [0.2, 0.25) is 5.15 Å². The first-order chi connectivity index (χ1) is 15.5. The third kappa shape index (κ3) is 4.06. The lowest BCUT2D eigenvalue weighted by atomic mass is 10.2. The first-order valence-electron chi connectivity index (χ1n) is 9.79. The van der Waals surface area contributed by atoms with Crippen LogP contribution in [0.5, 0.6) is 0 Å². The molecule has 0 radical (unpaired) electrons. The van der Waals surface area contributed by atoms with E-state index in [4.69, 9.17) is 11.6 Å². The van der Waals surface area contributed by atoms with Gasteiger partial charge in [-0.25, -0.2) is 24.1 Å². The third-order valence-electron chi connectivity index (χ3n) is 4.77. The highest BCUT2D eigenvalue weighted by atomic mass is 35.5. The molecule has 1 amide bonds. The van der Waals surface area contributed by atoms with E-state index in [0.29, 0.717) is 22.4 Å². The Bertz CT molecular complexity index is 1420. The van der Waals surface area contributed by atoms with Crippen molar-refractivity contribution in [2.45, 2.75) is 13.3 Å². The van der Waals surface area contributed by atoms with Gasteiger partial charge in [0.2, 0.25) is 5.91 Å². The van der Waals surface area contributed by atoms with Crippen molar-refractivity contribution in [3.8, 4) is 17.1 Å². The lowest BCUT2D eigenvalue weighted by Crippen LogP contribution is -2.15. The van der Waals surface area contributed by atoms with Crippen LogP contribution in [0, 0.1) is 6.92 Å². The minimum Gasteiger partial charge on any atom is -0.324 e. The van der Waals surface area contributed by atoms with Crippen LogP contribution in [0.25, 0.3) is 22.7 Å². The highest BCUT2D eigenvalue weighted by Crippen LogP contribution is 2.24. The zero-order valence-electron chi connectivity index (χ0n) is 17.0. The molecule has 0 aliphatic rings. The number of aryl methyl sites for hydroxylation is 1. The molecule has 5 rings (SSSR count). The predicted molar refractivity (Wildman–Crippen MR) is 120 cm³/mol. The van der Waals surface area contributed by atoms with Crippen molar-refractivity contribution in [2.24, 2.45) is 0 Å². The molecule has 5 aromatic rings. The summed E-state index contributed by atoms with van der Waals surface area (Å²) in [6, 6.07) is 14.7. The van der Waals surface area contributed by atoms with Crippen LogP contribution >= 0.6 is 11.6 Å². The molecular formula is C22H17ClN8O. The highest BCUT2D eigenvalue weighted by molar-refractivity contribution is 6.29. The molecule has 9 nitrogen and oxygen atoms in total. The number of aromatic nitrogens is 7. The first kappa shape index (κ1) is 19.8. The molecule has 158 valence electrons. The minimum absolute atomic E-state index is 0.0833. The Balaban J connectivity index is 1.50. The van der Waals surface area contributed by atoms with Gasteiger partial charge in [-0.3, -0.25) is 4.79 Å². The molecule has 32 heavy (non-hydrogen) atoms. The van der Waals surface area contributed by atoms with Gasteiger partial charge >= 0.3 is 0 Å². The van der Waals surface area contributed by atoms with E-state index >= 15 is 0 Å². The van der Waals surface area contributed by atoms with Crippen LogP contribution in [0.4, 0.5) is 5.69 Å². The van der Waals surface area contributed by atoms with Gasteiger partial charge in [0, 0.05) is 17.5 Å². The number of nitrogens with one attached hydrogen (secondary N) is 1. The normalized spacial score (nSPS) is 11.1. The molecule has 5 heterocycles. The summed E-state index contributed by atoms with van der Waals surface area (Å²) in [4.78, 5) is 25.4. The maximum atomic E-state index is 12.6. The van der Waals surface area contributed by atoms with Crippen LogP contribution in [-0.2, 0) is 11.2 Å². The molecule has 0 saturated carbocycles. The number of hydrogen-bond acceptors (Lipinski definition) is 6. The summed E-state index contributed by atoms with van der Waals surface area (Å²) in [6.45, 7) is 1.92. The van der Waals surface area contributed by atoms with Crippen LogP contribution in [-0.4, -0.2) is 40.3 Å². The van der Waals surface area contributed by atoms with Gasteiger partial charge in [-0.05, 0) is 49.4 Å². The second kappa shape index (κ2) is 8.20. The molecular weight excluding hydrogens is 428 g/mol. The molecule has 0 fully saturated rings. The maximum Gasteiger partial charge on any atom is 0.230 e. The van der Waals surface area contributed by atoms with Gasteiger partial charge in [-0.15, -0.1) is 0 Å². The monoisotopic (exact) mass is 444 g/mol. The van der Waals surface area contributed by atoms with Gasteiger partial charge in [-0.2, -0.15) is 10.2 Å². The van der Waals surface area contributed by atoms with Gasteiger partial charge in [0.05, 0.1) is 29.7 Å². The van der Waals surface area contributed by atoms with Crippen LogP contribution in [0.1, 0.15) is 11.4 Å². The van der Waals surface area contributed by atoms with E-state index in [2.05, 4.69) is 30.5 Å². The standard InChI is InChI=1S/C22H17ClN8O/c1-14-3-2-4-21(27-14)31-18(15-5-8-20-25-13-26-30(20)12-15)9-17(29-31)10-22(32)28-16-6-7-19(23)24-11-16/h2-9,11-13H,10H2,1H3,(H,28,32). The number of carbonyl (C=O) groups is 1. The average Bonchev–Trinajstić information content (AvgIpc) is 3.41. The SMILES string of the molecule is Cc1cccc(-n2nc(CC(=O)Nc3ccc(Cl)nc3)cc2-c2ccc3ncnn3c2)n1. The zero-order valence-corrected chi connectivity index (χ0v) is 17.7. The van der Waals surface area contributed by atoms with E-state index in [1.54, 1.807) is 21.3 Å². The predicted octanol–water partition coefficient (Wildman–Crippen LogP) is 3.52. The van der Waals surface area contributed by atoms with Crippen LogP contribution in [0.3, 0.4) is 0 Å². The smallest absolute Gasteiger partial charge is 0.230 e. The van der Waals surface area contributed by atoms with E-state index in [-0.39, 0.29) is 12.3 Å². The van der Waals surface area contributed by atoms with Crippen LogP contribution < -0.4 is 5.32 Å². The van der Waals surface area contributed by atoms with E-state index < -0.39 is 0 Å². The molecule has 1 N–H and O–H groups in total. The summed E-state index contributed by atoms with van der Waals surface area (Å²) in [5.41, 5.74) is 4.43. The molecule has 10 heteroatoms. The number of carbonyl (C=O) groups excluding carboxylic acids is 1. The summed E-state index contributed by atoms with van der Waals surface area (Å²) in [5, 5.41) is 12.1. The molecule has 0 aromatic carbocycles. The van der Waals surface area contributed by atoms with E-state index in [1.807, 2.05) is 49.5 Å². The lowest BCUT2D eigenvalue weighted by molar-refractivity contribution is -0.115. The maximum absolute atomic E-state index is 12.6. The van der Waals surface area contributed by atoms with Crippen molar-refractivity contribution in [2.75, 3.05) is 5.32 Å². The molecule has 0 bridgehead atoms. The van der Waals surface area contributed by atoms with E-state index in [1.165, 1.54) is 12.5 Å². The van der Waals surface area contributed by atoms with Crippen molar-refractivity contribution in [1.29, 1.82) is 0 Å². The number of nitrogens with zero attached hydrogens (tertiary/aromatic N) is 7. The van der Waals surface area contributed by atoms with Crippen LogP contribution in [0.15, 0.2) is 67.3 Å². The Kier molecular flexibility index (Phi) is 5.08. The second-order valence-corrected chi connectivity index (χ2v) is 7.53. The quantitative estimate of drug-likeness (QED) is 0.416. The summed E-state index contributed by atoms with van der Waals surface area (Å²) in [6.07, 6.45) is 4.96. The number of rotatable bonds is 5. The molecule has 0 aliphatic heterocycles. The molecule has 0 saturated heterocycles. The number of anilines is 1. The summed E-state index contributed by atoms with van der Waals surface area (Å²) < 4.78 is 3.42. The number of hydrogen-bond donors (Lipinski definition) is 1. The summed E-state index contributed by atoms with van der Waals surface area (Å²) in [7, 11) is 0. The largest absolute Gasteiger partial charge is 0.324 e. The van der Waals surface area contributed by atoms with Gasteiger partial charge in [-0.1, -0.05) is 17.7 Å². The Morgan fingerprint density at radius 2 is 2.03 bits per heavy atom. The van der Waals surface area contributed by atoms with Crippen molar-refractivity contribution in [1.82, 2.24) is 34.3 Å². The molecule has 0 unspecified atom stereocenters. The molecule has 5 aromatic heterocycles. The number of amides is 1. The first-order valence-corrected chi connectivity index (χ1v) is 10.2. The second-order valence-electron chi connectivity index (χ2n) is 7.15. The van der Waals surface area contributed by atoms with Gasteiger partial charge in [0.25, 0.3) is 0 Å². The van der Waals surface area contributed by atoms with Crippen molar-refractivity contribution >= 4 is 28.8 Å². The lowest BCUT2D eigenvalue weighted by Gasteiger charge is -2.07. The molecule has 0 aliphatic carbocycles. The van der Waals surface area contributed by atoms with Gasteiger partial charge in [0.1, 0.15) is 11.5 Å². The fourth-order valence-electron chi connectivity index (χ4n) is 3.33. The zero-order chi connectivity index (χ0) is 22.1.